The summed E-state index contributed by atoms with van der Waals surface area (Å²) in [4.78, 5) is 20.5. The molecule has 0 aliphatic heterocycles. The van der Waals surface area contributed by atoms with Crippen LogP contribution in [0.1, 0.15) is 5.56 Å². The van der Waals surface area contributed by atoms with Gasteiger partial charge in [-0.05, 0) is 12.1 Å². The minimum absolute atomic E-state index is 0.0131. The number of benzene rings is 1. The molecule has 0 N–H and O–H groups in total. The van der Waals surface area contributed by atoms with Crippen LogP contribution in [0, 0.1) is 15.9 Å². The number of alkyl halides is 1. The van der Waals surface area contributed by atoms with Gasteiger partial charge in [-0.1, -0.05) is 15.9 Å². The average molecular weight is 306 g/mol. The third kappa shape index (κ3) is 3.48. The van der Waals surface area contributed by atoms with E-state index in [1.165, 1.54) is 7.11 Å². The number of carbonyl (C=O) groups excluding carboxylic acids is 1. The second-order valence-corrected chi connectivity index (χ2v) is 4.33. The highest BCUT2D eigenvalue weighted by molar-refractivity contribution is 9.10. The number of esters is 1. The molecule has 1 atom stereocenters. The van der Waals surface area contributed by atoms with Crippen molar-refractivity contribution in [3.05, 3.63) is 39.7 Å². The second kappa shape index (κ2) is 5.72. The largest absolute Gasteiger partial charge is 0.468 e. The lowest BCUT2D eigenvalue weighted by atomic mass is 10.1. The third-order valence-electron chi connectivity index (χ3n) is 2.09. The minimum atomic E-state index is -0.743. The van der Waals surface area contributed by atoms with E-state index in [2.05, 4.69) is 20.7 Å². The molecule has 0 heterocycles. The van der Waals surface area contributed by atoms with Crippen LogP contribution in [-0.2, 0) is 16.0 Å². The molecule has 0 aliphatic carbocycles. The molecule has 0 aromatic heterocycles. The van der Waals surface area contributed by atoms with Crippen LogP contribution >= 0.6 is 15.9 Å². The smallest absolute Gasteiger partial charge is 0.319 e. The number of nitro groups is 1. The van der Waals surface area contributed by atoms with Crippen molar-refractivity contribution in [1.29, 1.82) is 0 Å². The zero-order valence-corrected chi connectivity index (χ0v) is 10.4. The summed E-state index contributed by atoms with van der Waals surface area (Å²) >= 11 is 3.03. The van der Waals surface area contributed by atoms with Gasteiger partial charge in [0.2, 0.25) is 0 Å². The van der Waals surface area contributed by atoms with Crippen LogP contribution in [0.2, 0.25) is 0 Å². The number of nitrogens with zero attached hydrogens (tertiary/aromatic N) is 1. The molecule has 0 saturated carbocycles. The third-order valence-corrected chi connectivity index (χ3v) is 2.79. The lowest BCUT2D eigenvalue weighted by Crippen LogP contribution is -2.18. The summed E-state index contributed by atoms with van der Waals surface area (Å²) in [6.07, 6.45) is -0.0131. The number of ether oxygens (including phenoxy) is 1. The lowest BCUT2D eigenvalue weighted by molar-refractivity contribution is -0.385. The van der Waals surface area contributed by atoms with Crippen molar-refractivity contribution in [2.24, 2.45) is 0 Å². The Morgan fingerprint density at radius 1 is 1.65 bits per heavy atom. The van der Waals surface area contributed by atoms with Gasteiger partial charge < -0.3 is 4.74 Å². The van der Waals surface area contributed by atoms with E-state index < -0.39 is 21.5 Å². The zero-order chi connectivity index (χ0) is 13.0. The molecule has 17 heavy (non-hydrogen) atoms. The number of carbonyl (C=O) groups is 1. The van der Waals surface area contributed by atoms with Gasteiger partial charge in [0.05, 0.1) is 12.0 Å². The summed E-state index contributed by atoms with van der Waals surface area (Å²) in [6.45, 7) is 0. The predicted molar refractivity (Wildman–Crippen MR) is 61.5 cm³/mol. The number of hydrogen-bond acceptors (Lipinski definition) is 4. The molecular weight excluding hydrogens is 297 g/mol. The first-order valence-corrected chi connectivity index (χ1v) is 5.52. The molecule has 1 unspecified atom stereocenters. The van der Waals surface area contributed by atoms with Crippen LogP contribution < -0.4 is 0 Å². The van der Waals surface area contributed by atoms with Crippen LogP contribution in [-0.4, -0.2) is 22.8 Å². The highest BCUT2D eigenvalue weighted by atomic mass is 79.9. The Morgan fingerprint density at radius 3 is 2.82 bits per heavy atom. The molecule has 0 amide bonds. The highest BCUT2D eigenvalue weighted by Crippen LogP contribution is 2.23. The average Bonchev–Trinajstić information content (AvgIpc) is 2.27. The molecule has 1 aromatic carbocycles. The molecule has 5 nitrogen and oxygen atoms in total. The number of nitro benzene ring substituents is 1. The molecular formula is C10H9BrFNO4. The van der Waals surface area contributed by atoms with Crippen molar-refractivity contribution in [2.75, 3.05) is 7.11 Å². The van der Waals surface area contributed by atoms with Gasteiger partial charge in [-0.25, -0.2) is 4.39 Å². The first-order chi connectivity index (χ1) is 7.95. The van der Waals surface area contributed by atoms with Gasteiger partial charge in [-0.15, -0.1) is 0 Å². The zero-order valence-electron chi connectivity index (χ0n) is 8.85. The van der Waals surface area contributed by atoms with E-state index >= 15 is 0 Å². The van der Waals surface area contributed by atoms with Crippen LogP contribution in [0.4, 0.5) is 10.1 Å². The minimum Gasteiger partial charge on any atom is -0.468 e. The fraction of sp³-hybridized carbons (Fsp3) is 0.300. The number of rotatable bonds is 4. The van der Waals surface area contributed by atoms with Crippen LogP contribution in [0.15, 0.2) is 18.2 Å². The lowest BCUT2D eigenvalue weighted by Gasteiger charge is -2.08. The molecule has 0 aliphatic rings. The molecule has 1 rings (SSSR count). The number of methoxy groups -OCH3 is 1. The second-order valence-electron chi connectivity index (χ2n) is 3.22. The van der Waals surface area contributed by atoms with E-state index in [9.17, 15) is 19.3 Å². The van der Waals surface area contributed by atoms with Gasteiger partial charge in [0, 0.05) is 18.1 Å². The van der Waals surface area contributed by atoms with Crippen molar-refractivity contribution in [3.63, 3.8) is 0 Å². The summed E-state index contributed by atoms with van der Waals surface area (Å²) in [7, 11) is 1.20. The Hall–Kier alpha value is -1.50. The molecule has 7 heteroatoms. The van der Waals surface area contributed by atoms with E-state index in [0.717, 1.165) is 18.2 Å². The van der Waals surface area contributed by atoms with Crippen molar-refractivity contribution in [1.82, 2.24) is 0 Å². The summed E-state index contributed by atoms with van der Waals surface area (Å²) in [5.74, 6) is -1.15. The summed E-state index contributed by atoms with van der Waals surface area (Å²) in [5.41, 5.74) is -0.0815. The predicted octanol–water partition coefficient (Wildman–Crippen LogP) is 2.21. The maximum atomic E-state index is 13.0. The molecule has 1 aromatic rings. The van der Waals surface area contributed by atoms with Crippen molar-refractivity contribution in [2.45, 2.75) is 11.2 Å². The fourth-order valence-electron chi connectivity index (χ4n) is 1.30. The van der Waals surface area contributed by atoms with Crippen LogP contribution in [0.3, 0.4) is 0 Å². The first kappa shape index (κ1) is 13.6. The van der Waals surface area contributed by atoms with Gasteiger partial charge in [-0.3, -0.25) is 14.9 Å². The molecule has 0 radical (unpaired) electrons. The van der Waals surface area contributed by atoms with Gasteiger partial charge in [-0.2, -0.15) is 0 Å². The Morgan fingerprint density at radius 2 is 2.29 bits per heavy atom. The van der Waals surface area contributed by atoms with E-state index in [1.54, 1.807) is 0 Å². The Balaban J connectivity index is 3.00. The normalized spacial score (nSPS) is 11.9. The van der Waals surface area contributed by atoms with Crippen LogP contribution in [0.5, 0.6) is 0 Å². The number of hydrogen-bond donors (Lipinski definition) is 0. The molecule has 92 valence electrons. The molecule has 0 bridgehead atoms. The van der Waals surface area contributed by atoms with E-state index in [1.807, 2.05) is 0 Å². The van der Waals surface area contributed by atoms with Crippen LogP contribution in [0.25, 0.3) is 0 Å². The summed E-state index contributed by atoms with van der Waals surface area (Å²) < 4.78 is 17.5. The van der Waals surface area contributed by atoms with Gasteiger partial charge >= 0.3 is 5.97 Å². The van der Waals surface area contributed by atoms with Crippen molar-refractivity contribution in [3.8, 4) is 0 Å². The molecule has 0 fully saturated rings. The van der Waals surface area contributed by atoms with E-state index in [-0.39, 0.29) is 17.7 Å². The van der Waals surface area contributed by atoms with Gasteiger partial charge in [0.25, 0.3) is 5.69 Å². The monoisotopic (exact) mass is 305 g/mol. The quantitative estimate of drug-likeness (QED) is 0.370. The molecule has 0 saturated heterocycles. The Kier molecular flexibility index (Phi) is 4.56. The van der Waals surface area contributed by atoms with Crippen molar-refractivity contribution < 1.29 is 18.8 Å². The maximum absolute atomic E-state index is 13.0. The van der Waals surface area contributed by atoms with Gasteiger partial charge in [0.15, 0.2) is 0 Å². The standard InChI is InChI=1S/C10H9BrFNO4/c1-17-10(14)8(11)5-6-4-7(12)2-3-9(6)13(15)16/h2-4,8H,5H2,1H3. The topological polar surface area (TPSA) is 69.4 Å². The number of halogens is 2. The van der Waals surface area contributed by atoms with E-state index in [0.29, 0.717) is 0 Å². The Labute approximate surface area is 105 Å². The SMILES string of the molecule is COC(=O)C(Br)Cc1cc(F)ccc1[N+](=O)[O-]. The first-order valence-electron chi connectivity index (χ1n) is 4.60. The molecule has 0 spiro atoms. The van der Waals surface area contributed by atoms with Gasteiger partial charge in [0.1, 0.15) is 10.6 Å². The highest BCUT2D eigenvalue weighted by Gasteiger charge is 2.22. The maximum Gasteiger partial charge on any atom is 0.319 e. The van der Waals surface area contributed by atoms with Crippen molar-refractivity contribution >= 4 is 27.6 Å². The summed E-state index contributed by atoms with van der Waals surface area (Å²) in [5, 5.41) is 10.7. The van der Waals surface area contributed by atoms with E-state index in [4.69, 9.17) is 0 Å². The fourth-order valence-corrected chi connectivity index (χ4v) is 1.84. The Bertz CT molecular complexity index is 452. The summed E-state index contributed by atoms with van der Waals surface area (Å²) in [6, 6.07) is 3.11.